The Morgan fingerprint density at radius 2 is 2.00 bits per heavy atom. The average molecular weight is 390 g/mol. The van der Waals surface area contributed by atoms with E-state index in [4.69, 9.17) is 4.74 Å². The Bertz CT molecular complexity index is 598. The molecule has 0 radical (unpaired) electrons. The Kier molecular flexibility index (Phi) is 4.46. The van der Waals surface area contributed by atoms with Crippen LogP contribution in [-0.4, -0.2) is 21.9 Å². The van der Waals surface area contributed by atoms with Crippen molar-refractivity contribution in [2.24, 2.45) is 7.05 Å². The first-order valence-corrected chi connectivity index (χ1v) is 7.23. The molecule has 0 spiro atoms. The summed E-state index contributed by atoms with van der Waals surface area (Å²) in [5.41, 5.74) is 0.945. The van der Waals surface area contributed by atoms with E-state index in [1.54, 1.807) is 7.11 Å². The van der Waals surface area contributed by atoms with Crippen molar-refractivity contribution in [1.29, 1.82) is 0 Å². The molecule has 1 heterocycles. The molecule has 2 rings (SSSR count). The minimum absolute atomic E-state index is 0.598. The van der Waals surface area contributed by atoms with Gasteiger partial charge in [0.25, 0.3) is 0 Å². The largest absolute Gasteiger partial charge is 0.495 e. The van der Waals surface area contributed by atoms with E-state index in [-0.39, 0.29) is 0 Å². The molecule has 0 amide bonds. The Labute approximate surface area is 128 Å². The van der Waals surface area contributed by atoms with Gasteiger partial charge in [0.2, 0.25) is 0 Å². The maximum Gasteiger partial charge on any atom is 0.152 e. The van der Waals surface area contributed by atoms with E-state index >= 15 is 0 Å². The Balaban J connectivity index is 2.17. The molecule has 0 aliphatic carbocycles. The highest BCUT2D eigenvalue weighted by atomic mass is 79.9. The minimum Gasteiger partial charge on any atom is -0.495 e. The van der Waals surface area contributed by atoms with Crippen LogP contribution in [0.5, 0.6) is 5.75 Å². The number of rotatable bonds is 4. The molecule has 1 aromatic heterocycles. The number of nitrogens with zero attached hydrogens (tertiary/aromatic N) is 3. The summed E-state index contributed by atoms with van der Waals surface area (Å²) in [6.45, 7) is 2.52. The fraction of sp³-hybridized carbons (Fsp3) is 0.333. The molecule has 1 aromatic carbocycles. The van der Waals surface area contributed by atoms with Crippen molar-refractivity contribution >= 4 is 37.5 Å². The lowest BCUT2D eigenvalue weighted by atomic mass is 10.3. The number of nitrogens with one attached hydrogen (secondary N) is 1. The first-order chi connectivity index (χ1) is 9.02. The first kappa shape index (κ1) is 14.3. The molecule has 0 fully saturated rings. The summed E-state index contributed by atoms with van der Waals surface area (Å²) in [4.78, 5) is 0. The van der Waals surface area contributed by atoms with E-state index in [1.165, 1.54) is 0 Å². The van der Waals surface area contributed by atoms with Gasteiger partial charge in [-0.1, -0.05) is 0 Å². The van der Waals surface area contributed by atoms with Crippen molar-refractivity contribution in [1.82, 2.24) is 14.8 Å². The van der Waals surface area contributed by atoms with E-state index in [0.717, 1.165) is 32.0 Å². The van der Waals surface area contributed by atoms with Crippen molar-refractivity contribution in [3.05, 3.63) is 32.7 Å². The Morgan fingerprint density at radius 3 is 2.58 bits per heavy atom. The Hall–Kier alpha value is -1.08. The van der Waals surface area contributed by atoms with Crippen LogP contribution in [0.3, 0.4) is 0 Å². The number of aryl methyl sites for hydroxylation is 1. The first-order valence-electron chi connectivity index (χ1n) is 5.64. The molecular formula is C12H14Br2N4O. The summed E-state index contributed by atoms with van der Waals surface area (Å²) in [7, 11) is 3.59. The van der Waals surface area contributed by atoms with E-state index in [1.807, 2.05) is 30.7 Å². The zero-order chi connectivity index (χ0) is 14.0. The molecule has 19 heavy (non-hydrogen) atoms. The molecule has 0 atom stereocenters. The number of hydrogen-bond acceptors (Lipinski definition) is 4. The van der Waals surface area contributed by atoms with Crippen LogP contribution in [0.4, 0.5) is 5.69 Å². The van der Waals surface area contributed by atoms with Gasteiger partial charge in [-0.25, -0.2) is 0 Å². The minimum atomic E-state index is 0.598. The maximum atomic E-state index is 5.28. The zero-order valence-electron chi connectivity index (χ0n) is 10.9. The molecule has 0 aliphatic rings. The molecule has 5 nitrogen and oxygen atoms in total. The summed E-state index contributed by atoms with van der Waals surface area (Å²) in [6.07, 6.45) is 0. The summed E-state index contributed by atoms with van der Waals surface area (Å²) >= 11 is 6.96. The van der Waals surface area contributed by atoms with Crippen molar-refractivity contribution in [2.45, 2.75) is 13.5 Å². The fourth-order valence-corrected chi connectivity index (χ4v) is 2.90. The molecule has 0 unspecified atom stereocenters. The van der Waals surface area contributed by atoms with Crippen LogP contribution in [0.15, 0.2) is 21.1 Å². The topological polar surface area (TPSA) is 52.0 Å². The number of ether oxygens (including phenoxy) is 1. The molecule has 2 aromatic rings. The van der Waals surface area contributed by atoms with Crippen LogP contribution in [0.1, 0.15) is 11.6 Å². The Morgan fingerprint density at radius 1 is 1.26 bits per heavy atom. The van der Waals surface area contributed by atoms with Gasteiger partial charge in [-0.3, -0.25) is 0 Å². The van der Waals surface area contributed by atoms with Crippen molar-refractivity contribution in [3.63, 3.8) is 0 Å². The number of benzene rings is 1. The standard InChI is InChI=1S/C12H14Br2N4O/c1-7-16-17-12(18(7)2)6-15-10-5-11(19-3)9(14)4-8(10)13/h4-5,15H,6H2,1-3H3. The highest BCUT2D eigenvalue weighted by molar-refractivity contribution is 9.11. The van der Waals surface area contributed by atoms with Gasteiger partial charge in [0.05, 0.1) is 23.8 Å². The maximum absolute atomic E-state index is 5.28. The lowest BCUT2D eigenvalue weighted by molar-refractivity contribution is 0.412. The molecule has 102 valence electrons. The molecule has 0 aliphatic heterocycles. The zero-order valence-corrected chi connectivity index (χ0v) is 14.0. The summed E-state index contributed by atoms with van der Waals surface area (Å²) in [5, 5.41) is 11.5. The molecule has 0 saturated carbocycles. The lowest BCUT2D eigenvalue weighted by Crippen LogP contribution is -2.07. The van der Waals surface area contributed by atoms with Crippen LogP contribution in [0.2, 0.25) is 0 Å². The molecular weight excluding hydrogens is 376 g/mol. The second kappa shape index (κ2) is 5.92. The SMILES string of the molecule is COc1cc(NCc2nnc(C)n2C)c(Br)cc1Br. The third-order valence-corrected chi connectivity index (χ3v) is 4.14. The quantitative estimate of drug-likeness (QED) is 0.871. The smallest absolute Gasteiger partial charge is 0.152 e. The summed E-state index contributed by atoms with van der Waals surface area (Å²) in [6, 6.07) is 3.88. The van der Waals surface area contributed by atoms with E-state index in [2.05, 4.69) is 47.4 Å². The second-order valence-electron chi connectivity index (χ2n) is 4.04. The van der Waals surface area contributed by atoms with E-state index in [0.29, 0.717) is 6.54 Å². The van der Waals surface area contributed by atoms with Gasteiger partial charge >= 0.3 is 0 Å². The molecule has 7 heteroatoms. The van der Waals surface area contributed by atoms with Crippen LogP contribution >= 0.6 is 31.9 Å². The van der Waals surface area contributed by atoms with Gasteiger partial charge in [0, 0.05) is 17.6 Å². The van der Waals surface area contributed by atoms with Crippen LogP contribution in [0, 0.1) is 6.92 Å². The van der Waals surface area contributed by atoms with Gasteiger partial charge in [-0.2, -0.15) is 0 Å². The van der Waals surface area contributed by atoms with Gasteiger partial charge in [0.1, 0.15) is 11.6 Å². The summed E-state index contributed by atoms with van der Waals surface area (Å²) < 4.78 is 9.10. The van der Waals surface area contributed by atoms with Crippen LogP contribution < -0.4 is 10.1 Å². The number of halogens is 2. The average Bonchev–Trinajstić information content (AvgIpc) is 2.69. The third-order valence-electron chi connectivity index (χ3n) is 2.86. The van der Waals surface area contributed by atoms with E-state index in [9.17, 15) is 0 Å². The number of hydrogen-bond donors (Lipinski definition) is 1. The predicted octanol–water partition coefficient (Wildman–Crippen LogP) is 3.27. The van der Waals surface area contributed by atoms with Crippen molar-refractivity contribution in [2.75, 3.05) is 12.4 Å². The normalized spacial score (nSPS) is 10.6. The number of anilines is 1. The molecule has 1 N–H and O–H groups in total. The van der Waals surface area contributed by atoms with Crippen LogP contribution in [0.25, 0.3) is 0 Å². The highest BCUT2D eigenvalue weighted by Gasteiger charge is 2.09. The highest BCUT2D eigenvalue weighted by Crippen LogP contribution is 2.34. The predicted molar refractivity (Wildman–Crippen MR) is 81.5 cm³/mol. The van der Waals surface area contributed by atoms with Crippen LogP contribution in [-0.2, 0) is 13.6 Å². The van der Waals surface area contributed by atoms with Gasteiger partial charge in [-0.05, 0) is 44.8 Å². The third kappa shape index (κ3) is 3.09. The van der Waals surface area contributed by atoms with Gasteiger partial charge < -0.3 is 14.6 Å². The molecule has 0 saturated heterocycles. The van der Waals surface area contributed by atoms with Crippen molar-refractivity contribution in [3.8, 4) is 5.75 Å². The number of methoxy groups -OCH3 is 1. The fourth-order valence-electron chi connectivity index (χ4n) is 1.60. The summed E-state index contributed by atoms with van der Waals surface area (Å²) in [5.74, 6) is 2.55. The van der Waals surface area contributed by atoms with Gasteiger partial charge in [0.15, 0.2) is 5.82 Å². The second-order valence-corrected chi connectivity index (χ2v) is 5.75. The molecule has 0 bridgehead atoms. The van der Waals surface area contributed by atoms with E-state index < -0.39 is 0 Å². The number of aromatic nitrogens is 3. The van der Waals surface area contributed by atoms with Gasteiger partial charge in [-0.15, -0.1) is 10.2 Å². The lowest BCUT2D eigenvalue weighted by Gasteiger charge is -2.11. The monoisotopic (exact) mass is 388 g/mol. The van der Waals surface area contributed by atoms with Crippen molar-refractivity contribution < 1.29 is 4.74 Å².